The number of carbonyl (C=O) groups excluding carboxylic acids is 1. The van der Waals surface area contributed by atoms with Crippen LogP contribution < -0.4 is 16.2 Å². The molecule has 120 valence electrons. The van der Waals surface area contributed by atoms with Crippen LogP contribution in [0.1, 0.15) is 65.2 Å². The van der Waals surface area contributed by atoms with Gasteiger partial charge in [0.25, 0.3) is 0 Å². The van der Waals surface area contributed by atoms with E-state index in [1.807, 2.05) is 0 Å². The number of hydrazine groups is 1. The van der Waals surface area contributed by atoms with Gasteiger partial charge in [-0.15, -0.1) is 0 Å². The molecule has 2 fully saturated rings. The molecule has 0 unspecified atom stereocenters. The molecule has 0 spiro atoms. The molecule has 0 bridgehead atoms. The highest BCUT2D eigenvalue weighted by molar-refractivity contribution is 7.80. The topological polar surface area (TPSA) is 53.2 Å². The van der Waals surface area contributed by atoms with Crippen molar-refractivity contribution in [3.05, 3.63) is 0 Å². The Morgan fingerprint density at radius 1 is 1.05 bits per heavy atom. The number of amides is 1. The SMILES string of the molecule is C[C@@H]1[C@H](C)CCC[C@H]1NC(=S)NNC(=O)CC1CCCC1. The molecule has 0 saturated heterocycles. The van der Waals surface area contributed by atoms with Crippen LogP contribution in [0.5, 0.6) is 0 Å². The van der Waals surface area contributed by atoms with Crippen LogP contribution in [0.25, 0.3) is 0 Å². The Morgan fingerprint density at radius 2 is 1.76 bits per heavy atom. The van der Waals surface area contributed by atoms with Crippen molar-refractivity contribution in [3.63, 3.8) is 0 Å². The lowest BCUT2D eigenvalue weighted by Gasteiger charge is -2.35. The van der Waals surface area contributed by atoms with Gasteiger partial charge >= 0.3 is 0 Å². The number of hydrogen-bond acceptors (Lipinski definition) is 2. The van der Waals surface area contributed by atoms with E-state index >= 15 is 0 Å². The Hall–Kier alpha value is -0.840. The van der Waals surface area contributed by atoms with E-state index in [9.17, 15) is 4.79 Å². The highest BCUT2D eigenvalue weighted by atomic mass is 32.1. The predicted molar refractivity (Wildman–Crippen MR) is 89.6 cm³/mol. The molecule has 0 aromatic heterocycles. The first-order valence-corrected chi connectivity index (χ1v) is 8.82. The molecule has 0 heterocycles. The predicted octanol–water partition coefficient (Wildman–Crippen LogP) is 2.89. The standard InChI is InChI=1S/C16H29N3OS/c1-11-6-5-9-14(12(11)2)17-16(21)19-18-15(20)10-13-7-3-4-8-13/h11-14H,3-10H2,1-2H3,(H,18,20)(H2,17,19,21)/t11-,12-,14-/m1/s1. The van der Waals surface area contributed by atoms with Crippen LogP contribution in [0.2, 0.25) is 0 Å². The third-order valence-corrected chi connectivity index (χ3v) is 5.51. The Balaban J connectivity index is 1.65. The Labute approximate surface area is 133 Å². The van der Waals surface area contributed by atoms with Crippen molar-refractivity contribution in [2.75, 3.05) is 0 Å². The summed E-state index contributed by atoms with van der Waals surface area (Å²) in [6, 6.07) is 0.417. The van der Waals surface area contributed by atoms with E-state index in [4.69, 9.17) is 12.2 Å². The van der Waals surface area contributed by atoms with E-state index in [1.165, 1.54) is 38.5 Å². The van der Waals surface area contributed by atoms with E-state index in [0.29, 0.717) is 29.4 Å². The molecule has 0 aliphatic heterocycles. The third kappa shape index (κ3) is 5.13. The van der Waals surface area contributed by atoms with Gasteiger partial charge in [-0.1, -0.05) is 39.5 Å². The number of nitrogens with one attached hydrogen (secondary N) is 3. The van der Waals surface area contributed by atoms with Crippen molar-refractivity contribution in [1.29, 1.82) is 0 Å². The fraction of sp³-hybridized carbons (Fsp3) is 0.875. The second kappa shape index (κ2) is 7.97. The van der Waals surface area contributed by atoms with Crippen LogP contribution in [0, 0.1) is 17.8 Å². The van der Waals surface area contributed by atoms with Crippen molar-refractivity contribution in [3.8, 4) is 0 Å². The van der Waals surface area contributed by atoms with Crippen LogP contribution >= 0.6 is 12.2 Å². The highest BCUT2D eigenvalue weighted by Gasteiger charge is 2.27. The van der Waals surface area contributed by atoms with Crippen LogP contribution in [0.3, 0.4) is 0 Å². The quantitative estimate of drug-likeness (QED) is 0.554. The molecule has 2 aliphatic carbocycles. The zero-order chi connectivity index (χ0) is 15.2. The van der Waals surface area contributed by atoms with Gasteiger partial charge < -0.3 is 5.32 Å². The first kappa shape index (κ1) is 16.5. The van der Waals surface area contributed by atoms with E-state index in [-0.39, 0.29) is 5.91 Å². The van der Waals surface area contributed by atoms with Gasteiger partial charge in [-0.3, -0.25) is 15.6 Å². The molecule has 1 amide bonds. The highest BCUT2D eigenvalue weighted by Crippen LogP contribution is 2.29. The minimum absolute atomic E-state index is 0.0520. The monoisotopic (exact) mass is 311 g/mol. The Kier molecular flexibility index (Phi) is 6.27. The maximum atomic E-state index is 11.9. The zero-order valence-electron chi connectivity index (χ0n) is 13.3. The summed E-state index contributed by atoms with van der Waals surface area (Å²) in [7, 11) is 0. The molecule has 21 heavy (non-hydrogen) atoms. The molecule has 0 aromatic rings. The number of carbonyl (C=O) groups is 1. The maximum absolute atomic E-state index is 11.9. The van der Waals surface area contributed by atoms with Crippen LogP contribution in [0.15, 0.2) is 0 Å². The molecular weight excluding hydrogens is 282 g/mol. The number of hydrogen-bond donors (Lipinski definition) is 3. The molecular formula is C16H29N3OS. The molecule has 2 saturated carbocycles. The lowest BCUT2D eigenvalue weighted by molar-refractivity contribution is -0.122. The Bertz CT molecular complexity index is 369. The third-order valence-electron chi connectivity index (χ3n) is 5.29. The maximum Gasteiger partial charge on any atom is 0.238 e. The average molecular weight is 311 g/mol. The molecule has 3 atom stereocenters. The molecule has 3 N–H and O–H groups in total. The molecule has 2 aliphatic rings. The van der Waals surface area contributed by atoms with Gasteiger partial charge in [0.05, 0.1) is 0 Å². The van der Waals surface area contributed by atoms with Crippen molar-refractivity contribution < 1.29 is 4.79 Å². The minimum atomic E-state index is 0.0520. The molecule has 5 heteroatoms. The summed E-state index contributed by atoms with van der Waals surface area (Å²) in [4.78, 5) is 11.9. The summed E-state index contributed by atoms with van der Waals surface area (Å²) < 4.78 is 0. The second-order valence-corrected chi connectivity index (χ2v) is 7.28. The fourth-order valence-electron chi connectivity index (χ4n) is 3.64. The number of thiocarbonyl (C=S) groups is 1. The van der Waals surface area contributed by atoms with Crippen LogP contribution in [0.4, 0.5) is 0 Å². The van der Waals surface area contributed by atoms with Crippen molar-refractivity contribution in [1.82, 2.24) is 16.2 Å². The minimum Gasteiger partial charge on any atom is -0.358 e. The lowest BCUT2D eigenvalue weighted by atomic mass is 9.78. The second-order valence-electron chi connectivity index (χ2n) is 6.88. The summed E-state index contributed by atoms with van der Waals surface area (Å²) in [5.74, 6) is 1.97. The van der Waals surface area contributed by atoms with E-state index in [0.717, 1.165) is 12.3 Å². The first-order chi connectivity index (χ1) is 10.1. The summed E-state index contributed by atoms with van der Waals surface area (Å²) in [5.41, 5.74) is 5.59. The summed E-state index contributed by atoms with van der Waals surface area (Å²) in [5, 5.41) is 3.90. The molecule has 0 radical (unpaired) electrons. The normalized spacial score (nSPS) is 29.9. The van der Waals surface area contributed by atoms with Gasteiger partial charge in [0, 0.05) is 12.5 Å². The van der Waals surface area contributed by atoms with Crippen molar-refractivity contribution >= 4 is 23.2 Å². The molecule has 4 nitrogen and oxygen atoms in total. The van der Waals surface area contributed by atoms with E-state index < -0.39 is 0 Å². The zero-order valence-corrected chi connectivity index (χ0v) is 14.1. The van der Waals surface area contributed by atoms with Gasteiger partial charge in [0.2, 0.25) is 5.91 Å². The lowest BCUT2D eigenvalue weighted by Crippen LogP contribution is -2.52. The van der Waals surface area contributed by atoms with Crippen LogP contribution in [-0.2, 0) is 4.79 Å². The van der Waals surface area contributed by atoms with Crippen molar-refractivity contribution in [2.24, 2.45) is 17.8 Å². The molecule has 0 aromatic carbocycles. The number of rotatable bonds is 3. The van der Waals surface area contributed by atoms with Gasteiger partial charge in [-0.25, -0.2) is 0 Å². The fourth-order valence-corrected chi connectivity index (χ4v) is 3.85. The van der Waals surface area contributed by atoms with Crippen LogP contribution in [-0.4, -0.2) is 17.1 Å². The van der Waals surface area contributed by atoms with E-state index in [1.54, 1.807) is 0 Å². The average Bonchev–Trinajstić information content (AvgIpc) is 2.94. The smallest absolute Gasteiger partial charge is 0.238 e. The van der Waals surface area contributed by atoms with E-state index in [2.05, 4.69) is 30.0 Å². The van der Waals surface area contributed by atoms with Gasteiger partial charge in [0.1, 0.15) is 0 Å². The van der Waals surface area contributed by atoms with Crippen molar-refractivity contribution in [2.45, 2.75) is 71.3 Å². The first-order valence-electron chi connectivity index (χ1n) is 8.41. The molecule has 2 rings (SSSR count). The summed E-state index contributed by atoms with van der Waals surface area (Å²) in [6.45, 7) is 4.58. The summed E-state index contributed by atoms with van der Waals surface area (Å²) in [6.07, 6.45) is 9.24. The largest absolute Gasteiger partial charge is 0.358 e. The Morgan fingerprint density at radius 3 is 2.48 bits per heavy atom. The summed E-state index contributed by atoms with van der Waals surface area (Å²) >= 11 is 5.29. The van der Waals surface area contributed by atoms with Gasteiger partial charge in [-0.2, -0.15) is 0 Å². The van der Waals surface area contributed by atoms with Gasteiger partial charge in [0.15, 0.2) is 5.11 Å². The van der Waals surface area contributed by atoms with Gasteiger partial charge in [-0.05, 0) is 49.2 Å².